The molecular weight excluding hydrogens is 316 g/mol. The smallest absolute Gasteiger partial charge is 0.227 e. The number of para-hydroxylation sites is 1. The lowest BCUT2D eigenvalue weighted by atomic mass is 9.96. The van der Waals surface area contributed by atoms with Crippen LogP contribution in [0.25, 0.3) is 0 Å². The van der Waals surface area contributed by atoms with Crippen molar-refractivity contribution in [2.24, 2.45) is 5.92 Å². The first kappa shape index (κ1) is 19.3. The second kappa shape index (κ2) is 9.44. The fourth-order valence-corrected chi connectivity index (χ4v) is 3.41. The maximum Gasteiger partial charge on any atom is 0.227 e. The molecule has 0 radical (unpaired) electrons. The van der Waals surface area contributed by atoms with Gasteiger partial charge in [0.05, 0.1) is 19.4 Å². The second-order valence-corrected chi connectivity index (χ2v) is 6.87. The van der Waals surface area contributed by atoms with Gasteiger partial charge in [-0.3, -0.25) is 9.59 Å². The minimum absolute atomic E-state index is 0.0589. The van der Waals surface area contributed by atoms with Gasteiger partial charge in [-0.25, -0.2) is 0 Å². The first-order valence-corrected chi connectivity index (χ1v) is 9.25. The SMILES string of the molecule is CCC[C@H](C)NC(=O)[C@@H]1CCCN(C(=O)Cc2ccccc2OC)C1. The molecule has 0 unspecified atom stereocenters. The van der Waals surface area contributed by atoms with Crippen molar-refractivity contribution in [1.29, 1.82) is 0 Å². The van der Waals surface area contributed by atoms with Gasteiger partial charge >= 0.3 is 0 Å². The highest BCUT2D eigenvalue weighted by Gasteiger charge is 2.29. The highest BCUT2D eigenvalue weighted by molar-refractivity contribution is 5.82. The van der Waals surface area contributed by atoms with Gasteiger partial charge in [0.25, 0.3) is 0 Å². The number of methoxy groups -OCH3 is 1. The third kappa shape index (κ3) is 5.48. The van der Waals surface area contributed by atoms with Crippen LogP contribution in [-0.2, 0) is 16.0 Å². The van der Waals surface area contributed by atoms with Crippen LogP contribution in [0.1, 0.15) is 45.1 Å². The van der Waals surface area contributed by atoms with Crippen molar-refractivity contribution in [1.82, 2.24) is 10.2 Å². The molecule has 1 aliphatic heterocycles. The Kier molecular flexibility index (Phi) is 7.29. The second-order valence-electron chi connectivity index (χ2n) is 6.87. The Hall–Kier alpha value is -2.04. The molecule has 5 nitrogen and oxygen atoms in total. The number of benzene rings is 1. The van der Waals surface area contributed by atoms with Crippen LogP contribution in [0.4, 0.5) is 0 Å². The third-order valence-electron chi connectivity index (χ3n) is 4.79. The van der Waals surface area contributed by atoms with Gasteiger partial charge < -0.3 is 15.0 Å². The number of nitrogens with zero attached hydrogens (tertiary/aromatic N) is 1. The van der Waals surface area contributed by atoms with Crippen LogP contribution in [0.5, 0.6) is 5.75 Å². The summed E-state index contributed by atoms with van der Waals surface area (Å²) < 4.78 is 5.32. The van der Waals surface area contributed by atoms with Crippen molar-refractivity contribution < 1.29 is 14.3 Å². The molecule has 5 heteroatoms. The first-order valence-electron chi connectivity index (χ1n) is 9.25. The number of carbonyl (C=O) groups excluding carboxylic acids is 2. The molecule has 2 amide bonds. The topological polar surface area (TPSA) is 58.6 Å². The minimum Gasteiger partial charge on any atom is -0.496 e. The van der Waals surface area contributed by atoms with Crippen molar-refractivity contribution in [2.75, 3.05) is 20.2 Å². The van der Waals surface area contributed by atoms with Crippen molar-refractivity contribution in [3.63, 3.8) is 0 Å². The van der Waals surface area contributed by atoms with E-state index in [1.165, 1.54) is 0 Å². The van der Waals surface area contributed by atoms with E-state index in [2.05, 4.69) is 12.2 Å². The molecule has 1 aromatic rings. The van der Waals surface area contributed by atoms with E-state index in [1.54, 1.807) is 7.11 Å². The average molecular weight is 346 g/mol. The molecule has 2 atom stereocenters. The molecule has 0 aromatic heterocycles. The molecule has 1 heterocycles. The van der Waals surface area contributed by atoms with Gasteiger partial charge in [-0.2, -0.15) is 0 Å². The Morgan fingerprint density at radius 3 is 2.84 bits per heavy atom. The number of hydrogen-bond donors (Lipinski definition) is 1. The van der Waals surface area contributed by atoms with Gasteiger partial charge in [-0.05, 0) is 32.3 Å². The summed E-state index contributed by atoms with van der Waals surface area (Å²) in [7, 11) is 1.61. The van der Waals surface area contributed by atoms with Gasteiger partial charge in [0.1, 0.15) is 5.75 Å². The number of rotatable bonds is 7. The van der Waals surface area contributed by atoms with Crippen molar-refractivity contribution in [2.45, 2.75) is 52.0 Å². The number of nitrogens with one attached hydrogen (secondary N) is 1. The van der Waals surface area contributed by atoms with E-state index in [1.807, 2.05) is 36.1 Å². The Morgan fingerprint density at radius 2 is 2.12 bits per heavy atom. The van der Waals surface area contributed by atoms with Crippen LogP contribution in [0.3, 0.4) is 0 Å². The molecule has 0 saturated carbocycles. The van der Waals surface area contributed by atoms with Crippen LogP contribution in [-0.4, -0.2) is 43.0 Å². The fourth-order valence-electron chi connectivity index (χ4n) is 3.41. The zero-order valence-corrected chi connectivity index (χ0v) is 15.6. The summed E-state index contributed by atoms with van der Waals surface area (Å²) in [4.78, 5) is 26.9. The van der Waals surface area contributed by atoms with Gasteiger partial charge in [-0.1, -0.05) is 31.5 Å². The predicted molar refractivity (Wildman–Crippen MR) is 98.5 cm³/mol. The van der Waals surface area contributed by atoms with Crippen molar-refractivity contribution in [3.05, 3.63) is 29.8 Å². The molecule has 1 aromatic carbocycles. The number of carbonyl (C=O) groups is 2. The Morgan fingerprint density at radius 1 is 1.36 bits per heavy atom. The molecule has 0 bridgehead atoms. The van der Waals surface area contributed by atoms with Crippen molar-refractivity contribution in [3.8, 4) is 5.75 Å². The predicted octanol–water partition coefficient (Wildman–Crippen LogP) is 2.78. The van der Waals surface area contributed by atoms with Gasteiger partial charge in [0, 0.05) is 24.7 Å². The van der Waals surface area contributed by atoms with Crippen LogP contribution < -0.4 is 10.1 Å². The van der Waals surface area contributed by atoms with E-state index >= 15 is 0 Å². The largest absolute Gasteiger partial charge is 0.496 e. The van der Waals surface area contributed by atoms with Crippen LogP contribution in [0, 0.1) is 5.92 Å². The molecule has 1 saturated heterocycles. The lowest BCUT2D eigenvalue weighted by molar-refractivity contribution is -0.135. The molecule has 1 N–H and O–H groups in total. The van der Waals surface area contributed by atoms with Gasteiger partial charge in [0.2, 0.25) is 11.8 Å². The quantitative estimate of drug-likeness (QED) is 0.826. The number of ether oxygens (including phenoxy) is 1. The molecule has 0 spiro atoms. The summed E-state index contributed by atoms with van der Waals surface area (Å²) in [6, 6.07) is 7.77. The standard InChI is InChI=1S/C20H30N2O3/c1-4-8-15(2)21-20(24)17-10-7-12-22(14-17)19(23)13-16-9-5-6-11-18(16)25-3/h5-6,9,11,15,17H,4,7-8,10,12-14H2,1-3H3,(H,21,24)/t15-,17+/m0/s1. The molecular formula is C20H30N2O3. The third-order valence-corrected chi connectivity index (χ3v) is 4.79. The number of likely N-dealkylation sites (tertiary alicyclic amines) is 1. The van der Waals surface area contributed by atoms with Gasteiger partial charge in [-0.15, -0.1) is 0 Å². The summed E-state index contributed by atoms with van der Waals surface area (Å²) in [6.45, 7) is 5.39. The molecule has 1 aliphatic rings. The van der Waals surface area contributed by atoms with E-state index in [4.69, 9.17) is 4.74 Å². The Labute approximate surface area is 150 Å². The fraction of sp³-hybridized carbons (Fsp3) is 0.600. The summed E-state index contributed by atoms with van der Waals surface area (Å²) in [5, 5.41) is 3.08. The number of piperidine rings is 1. The molecule has 0 aliphatic carbocycles. The lowest BCUT2D eigenvalue weighted by Gasteiger charge is -2.33. The summed E-state index contributed by atoms with van der Waals surface area (Å²) in [5.74, 6) is 0.768. The lowest BCUT2D eigenvalue weighted by Crippen LogP contribution is -2.47. The highest BCUT2D eigenvalue weighted by atomic mass is 16.5. The summed E-state index contributed by atoms with van der Waals surface area (Å²) >= 11 is 0. The first-order chi connectivity index (χ1) is 12.0. The zero-order chi connectivity index (χ0) is 18.2. The van der Waals surface area contributed by atoms with E-state index in [9.17, 15) is 9.59 Å². The Bertz CT molecular complexity index is 588. The van der Waals surface area contributed by atoms with Crippen LogP contribution in [0.2, 0.25) is 0 Å². The average Bonchev–Trinajstić information content (AvgIpc) is 2.62. The van der Waals surface area contributed by atoms with Crippen LogP contribution in [0.15, 0.2) is 24.3 Å². The van der Waals surface area contributed by atoms with Gasteiger partial charge in [0.15, 0.2) is 0 Å². The molecule has 25 heavy (non-hydrogen) atoms. The maximum absolute atomic E-state index is 12.7. The monoisotopic (exact) mass is 346 g/mol. The minimum atomic E-state index is -0.102. The van der Waals surface area contributed by atoms with Crippen LogP contribution >= 0.6 is 0 Å². The Balaban J connectivity index is 1.93. The maximum atomic E-state index is 12.7. The number of amides is 2. The van der Waals surface area contributed by atoms with E-state index in [0.29, 0.717) is 13.0 Å². The normalized spacial score (nSPS) is 18.5. The van der Waals surface area contributed by atoms with E-state index < -0.39 is 0 Å². The van der Waals surface area contributed by atoms with Crippen molar-refractivity contribution >= 4 is 11.8 Å². The molecule has 138 valence electrons. The molecule has 2 rings (SSSR count). The zero-order valence-electron chi connectivity index (χ0n) is 15.6. The highest BCUT2D eigenvalue weighted by Crippen LogP contribution is 2.21. The summed E-state index contributed by atoms with van der Waals surface area (Å²) in [6.07, 6.45) is 4.07. The number of hydrogen-bond acceptors (Lipinski definition) is 3. The summed E-state index contributed by atoms with van der Waals surface area (Å²) in [5.41, 5.74) is 0.887. The van der Waals surface area contributed by atoms with E-state index in [0.717, 1.165) is 43.5 Å². The molecule has 1 fully saturated rings. The van der Waals surface area contributed by atoms with E-state index in [-0.39, 0.29) is 23.8 Å².